The summed E-state index contributed by atoms with van der Waals surface area (Å²) in [7, 11) is -2.85. The van der Waals surface area contributed by atoms with E-state index in [0.717, 1.165) is 61.5 Å². The lowest BCUT2D eigenvalue weighted by atomic mass is 9.80. The predicted octanol–water partition coefficient (Wildman–Crippen LogP) is 16.3. The van der Waals surface area contributed by atoms with Gasteiger partial charge in [-0.3, -0.25) is 4.57 Å². The van der Waals surface area contributed by atoms with Crippen LogP contribution in [0.1, 0.15) is 79.0 Å². The molecule has 1 aliphatic rings. The minimum Gasteiger partial charge on any atom is -0.457 e. The standard InChI is InChI=1S/C72H67FN4OSi/c1-70(2,3)50-38-39-74-68(44-50)77-65-37-35-61(79(58-26-13-10-14-27-58,59-28-15-11-16-29-59)60-30-17-12-18-31-60)47-64(65)63-36-34-57(46-67(63)77)78-56-25-20-24-54(45-56)75-48-76(55-42-51(71(4,5)6)41-52(43-55)72(7,8)9)69-62(32-21-33-66(69)75)49-22-19-23-53(73)40-49/h10-47H,48H2,1-9H3. The highest BCUT2D eigenvalue weighted by Gasteiger charge is 2.42. The molecule has 0 spiro atoms. The highest BCUT2D eigenvalue weighted by atomic mass is 28.3. The summed E-state index contributed by atoms with van der Waals surface area (Å²) >= 11 is 0. The number of aromatic nitrogens is 2. The Labute approximate surface area is 466 Å². The largest absolute Gasteiger partial charge is 0.457 e. The van der Waals surface area contributed by atoms with Crippen molar-refractivity contribution < 1.29 is 9.13 Å². The Morgan fingerprint density at radius 2 is 1.05 bits per heavy atom. The number of anilines is 4. The van der Waals surface area contributed by atoms with Gasteiger partial charge in [-0.1, -0.05) is 202 Å². The van der Waals surface area contributed by atoms with E-state index in [-0.39, 0.29) is 22.1 Å². The van der Waals surface area contributed by atoms with Crippen LogP contribution in [0.3, 0.4) is 0 Å². The van der Waals surface area contributed by atoms with Crippen LogP contribution >= 0.6 is 0 Å². The average Bonchev–Trinajstić information content (AvgIpc) is 4.26. The van der Waals surface area contributed by atoms with E-state index in [2.05, 4.69) is 271 Å². The van der Waals surface area contributed by atoms with Gasteiger partial charge in [-0.25, -0.2) is 9.37 Å². The second-order valence-electron chi connectivity index (χ2n) is 24.3. The smallest absolute Gasteiger partial charge is 0.179 e. The molecule has 0 saturated heterocycles. The fourth-order valence-electron chi connectivity index (χ4n) is 11.7. The van der Waals surface area contributed by atoms with Gasteiger partial charge < -0.3 is 14.5 Å². The molecule has 12 rings (SSSR count). The number of benzene rings is 9. The second-order valence-corrected chi connectivity index (χ2v) is 28.1. The molecule has 392 valence electrons. The third-order valence-corrected chi connectivity index (χ3v) is 20.7. The molecule has 0 amide bonds. The molecule has 1 aliphatic heterocycles. The van der Waals surface area contributed by atoms with Gasteiger partial charge in [0, 0.05) is 46.0 Å². The lowest BCUT2D eigenvalue weighted by molar-refractivity contribution is 0.483. The Hall–Kier alpha value is -8.52. The van der Waals surface area contributed by atoms with Crippen molar-refractivity contribution in [3.8, 4) is 28.4 Å². The summed E-state index contributed by atoms with van der Waals surface area (Å²) in [5.74, 6) is 2.02. The van der Waals surface area contributed by atoms with Crippen molar-refractivity contribution in [1.82, 2.24) is 9.55 Å². The van der Waals surface area contributed by atoms with Crippen LogP contribution in [-0.4, -0.2) is 24.3 Å². The van der Waals surface area contributed by atoms with Crippen LogP contribution in [0.5, 0.6) is 11.5 Å². The van der Waals surface area contributed by atoms with E-state index in [1.54, 1.807) is 12.1 Å². The molecule has 0 radical (unpaired) electrons. The normalized spacial score (nSPS) is 13.1. The maximum atomic E-state index is 15.1. The molecule has 0 unspecified atom stereocenters. The number of pyridine rings is 1. The molecule has 79 heavy (non-hydrogen) atoms. The number of rotatable bonds is 10. The van der Waals surface area contributed by atoms with Gasteiger partial charge in [0.25, 0.3) is 0 Å². The third-order valence-electron chi connectivity index (χ3n) is 16.0. The van der Waals surface area contributed by atoms with Crippen LogP contribution in [-0.2, 0) is 16.2 Å². The Morgan fingerprint density at radius 1 is 0.443 bits per heavy atom. The molecule has 9 aromatic carbocycles. The van der Waals surface area contributed by atoms with Gasteiger partial charge in [0.2, 0.25) is 0 Å². The molecule has 11 aromatic rings. The number of ether oxygens (including phenoxy) is 1. The van der Waals surface area contributed by atoms with Crippen molar-refractivity contribution in [2.75, 3.05) is 16.5 Å². The van der Waals surface area contributed by atoms with Crippen molar-refractivity contribution in [2.24, 2.45) is 0 Å². The van der Waals surface area contributed by atoms with Gasteiger partial charge in [-0.15, -0.1) is 0 Å². The molecule has 0 fully saturated rings. The molecule has 3 heterocycles. The van der Waals surface area contributed by atoms with Crippen LogP contribution in [0.15, 0.2) is 231 Å². The van der Waals surface area contributed by atoms with E-state index in [0.29, 0.717) is 18.2 Å². The van der Waals surface area contributed by atoms with Crippen LogP contribution in [0.25, 0.3) is 38.8 Å². The fourth-order valence-corrected chi connectivity index (χ4v) is 16.5. The summed E-state index contributed by atoms with van der Waals surface area (Å²) < 4.78 is 24.4. The number of halogens is 1. The molecule has 2 aromatic heterocycles. The van der Waals surface area contributed by atoms with Crippen LogP contribution in [0.2, 0.25) is 0 Å². The lowest BCUT2D eigenvalue weighted by Crippen LogP contribution is -2.74. The minimum atomic E-state index is -2.85. The lowest BCUT2D eigenvalue weighted by Gasteiger charge is -2.34. The van der Waals surface area contributed by atoms with Crippen molar-refractivity contribution in [1.29, 1.82) is 0 Å². The van der Waals surface area contributed by atoms with Gasteiger partial charge in [0.05, 0.1) is 22.4 Å². The number of nitrogens with zero attached hydrogens (tertiary/aromatic N) is 4. The van der Waals surface area contributed by atoms with Gasteiger partial charge in [-0.05, 0) is 132 Å². The Morgan fingerprint density at radius 3 is 1.67 bits per heavy atom. The van der Waals surface area contributed by atoms with Crippen LogP contribution in [0, 0.1) is 5.82 Å². The summed E-state index contributed by atoms with van der Waals surface area (Å²) in [6.07, 6.45) is 1.94. The molecule has 0 atom stereocenters. The summed E-state index contributed by atoms with van der Waals surface area (Å²) in [5, 5.41) is 7.56. The Kier molecular flexibility index (Phi) is 12.8. The monoisotopic (exact) mass is 1050 g/mol. The van der Waals surface area contributed by atoms with Gasteiger partial charge in [0.1, 0.15) is 29.8 Å². The van der Waals surface area contributed by atoms with Gasteiger partial charge >= 0.3 is 0 Å². The van der Waals surface area contributed by atoms with Gasteiger partial charge in [-0.2, -0.15) is 0 Å². The maximum absolute atomic E-state index is 15.1. The van der Waals surface area contributed by atoms with E-state index < -0.39 is 8.07 Å². The predicted molar refractivity (Wildman–Crippen MR) is 332 cm³/mol. The van der Waals surface area contributed by atoms with Crippen molar-refractivity contribution in [2.45, 2.75) is 78.6 Å². The molecular weight excluding hydrogens is 984 g/mol. The zero-order valence-electron chi connectivity index (χ0n) is 46.7. The molecule has 0 bridgehead atoms. The quantitative estimate of drug-likeness (QED) is 0.101. The molecule has 0 aliphatic carbocycles. The Bertz CT molecular complexity index is 3930. The molecule has 0 saturated carbocycles. The SMILES string of the molecule is CC(C)(C)c1cc(N2CN(c3cccc(Oc4ccc5c6cc([Si](c7ccccc7)(c7ccccc7)c7ccccc7)ccc6n(-c6cc(C(C)(C)C)ccn6)c5c4)c3)c3cccc(-c4cccc(F)c4)c32)cc(C(C)(C)C)c1. The summed E-state index contributed by atoms with van der Waals surface area (Å²) in [4.78, 5) is 9.84. The zero-order chi connectivity index (χ0) is 54.8. The number of para-hydroxylation sites is 1. The van der Waals surface area contributed by atoms with Gasteiger partial charge in [0.15, 0.2) is 8.07 Å². The maximum Gasteiger partial charge on any atom is 0.179 e. The second kappa shape index (κ2) is 19.7. The first-order valence-corrected chi connectivity index (χ1v) is 29.6. The summed E-state index contributed by atoms with van der Waals surface area (Å²) in [5.41, 5.74) is 11.5. The molecule has 5 nitrogen and oxygen atoms in total. The van der Waals surface area contributed by atoms with Crippen LogP contribution < -0.4 is 35.3 Å². The minimum absolute atomic E-state index is 0.0835. The molecular formula is C72H67FN4OSi. The van der Waals surface area contributed by atoms with Crippen molar-refractivity contribution >= 4 is 73.4 Å². The third kappa shape index (κ3) is 9.40. The molecule has 0 N–H and O–H groups in total. The number of hydrogen-bond donors (Lipinski definition) is 0. The topological polar surface area (TPSA) is 33.5 Å². The highest BCUT2D eigenvalue weighted by Crippen LogP contribution is 2.51. The average molecular weight is 1050 g/mol. The number of fused-ring (bicyclic) bond motifs is 4. The molecule has 7 heteroatoms. The van der Waals surface area contributed by atoms with E-state index in [4.69, 9.17) is 9.72 Å². The fraction of sp³-hybridized carbons (Fsp3) is 0.181. The van der Waals surface area contributed by atoms with E-state index in [1.807, 2.05) is 18.3 Å². The summed E-state index contributed by atoms with van der Waals surface area (Å²) in [6, 6.07) is 80.1. The van der Waals surface area contributed by atoms with Crippen molar-refractivity contribution in [3.63, 3.8) is 0 Å². The Balaban J connectivity index is 0.992. The first-order chi connectivity index (χ1) is 37.9. The van der Waals surface area contributed by atoms with Crippen molar-refractivity contribution in [3.05, 3.63) is 253 Å². The first kappa shape index (κ1) is 51.2. The van der Waals surface area contributed by atoms with E-state index in [1.165, 1.54) is 43.5 Å². The van der Waals surface area contributed by atoms with Crippen LogP contribution in [0.4, 0.5) is 27.1 Å². The van der Waals surface area contributed by atoms with E-state index in [9.17, 15) is 0 Å². The zero-order valence-corrected chi connectivity index (χ0v) is 47.7. The highest BCUT2D eigenvalue weighted by molar-refractivity contribution is 7.20. The number of hydrogen-bond acceptors (Lipinski definition) is 4. The summed E-state index contributed by atoms with van der Waals surface area (Å²) in [6.45, 7) is 20.9. The first-order valence-electron chi connectivity index (χ1n) is 27.6. The van der Waals surface area contributed by atoms with E-state index >= 15 is 4.39 Å².